The van der Waals surface area contributed by atoms with Crippen LogP contribution >= 0.6 is 0 Å². The van der Waals surface area contributed by atoms with Gasteiger partial charge in [-0.3, -0.25) is 4.90 Å². The van der Waals surface area contributed by atoms with Gasteiger partial charge in [-0.1, -0.05) is 46.5 Å². The lowest BCUT2D eigenvalue weighted by Crippen LogP contribution is -2.58. The van der Waals surface area contributed by atoms with Crippen LogP contribution < -0.4 is 5.73 Å². The fourth-order valence-corrected chi connectivity index (χ4v) is 4.70. The zero-order valence-electron chi connectivity index (χ0n) is 14.1. The maximum Gasteiger partial charge on any atom is 0.0334 e. The van der Waals surface area contributed by atoms with E-state index >= 15 is 0 Å². The zero-order chi connectivity index (χ0) is 14.6. The largest absolute Gasteiger partial charge is 0.329 e. The lowest BCUT2D eigenvalue weighted by Gasteiger charge is -2.48. The van der Waals surface area contributed by atoms with Gasteiger partial charge in [-0.15, -0.1) is 0 Å². The average molecular weight is 280 g/mol. The topological polar surface area (TPSA) is 29.3 Å². The first kappa shape index (κ1) is 16.3. The van der Waals surface area contributed by atoms with E-state index in [0.717, 1.165) is 12.6 Å². The summed E-state index contributed by atoms with van der Waals surface area (Å²) in [4.78, 5) is 2.83. The molecule has 0 spiro atoms. The van der Waals surface area contributed by atoms with E-state index in [1.807, 2.05) is 0 Å². The minimum Gasteiger partial charge on any atom is -0.329 e. The summed E-state index contributed by atoms with van der Waals surface area (Å²) in [6, 6.07) is 0.804. The summed E-state index contributed by atoms with van der Waals surface area (Å²) in [5, 5.41) is 0. The first-order valence-electron chi connectivity index (χ1n) is 9.00. The molecule has 1 atom stereocenters. The summed E-state index contributed by atoms with van der Waals surface area (Å²) in [6.45, 7) is 9.27. The molecule has 0 aromatic rings. The number of hydrogen-bond donors (Lipinski definition) is 1. The highest BCUT2D eigenvalue weighted by molar-refractivity contribution is 4.98. The molecule has 0 radical (unpaired) electrons. The van der Waals surface area contributed by atoms with Crippen LogP contribution in [0.4, 0.5) is 0 Å². The van der Waals surface area contributed by atoms with Crippen LogP contribution in [-0.2, 0) is 0 Å². The van der Waals surface area contributed by atoms with Crippen molar-refractivity contribution in [3.63, 3.8) is 0 Å². The SMILES string of the molecule is CCN(C1CCCCC1)C1(CN)CCCC(C)(C)CC1. The molecule has 2 fully saturated rings. The molecule has 0 heterocycles. The number of hydrogen-bond acceptors (Lipinski definition) is 2. The van der Waals surface area contributed by atoms with Crippen LogP contribution in [0.2, 0.25) is 0 Å². The van der Waals surface area contributed by atoms with Crippen LogP contribution in [0.1, 0.15) is 85.0 Å². The molecule has 2 N–H and O–H groups in total. The van der Waals surface area contributed by atoms with Crippen LogP contribution in [0.25, 0.3) is 0 Å². The predicted octanol–water partition coefficient (Wildman–Crippen LogP) is 4.33. The smallest absolute Gasteiger partial charge is 0.0334 e. The van der Waals surface area contributed by atoms with Gasteiger partial charge >= 0.3 is 0 Å². The summed E-state index contributed by atoms with van der Waals surface area (Å²) in [7, 11) is 0. The van der Waals surface area contributed by atoms with E-state index in [1.165, 1.54) is 70.8 Å². The first-order chi connectivity index (χ1) is 9.53. The van der Waals surface area contributed by atoms with Crippen LogP contribution in [0, 0.1) is 5.41 Å². The number of rotatable bonds is 4. The zero-order valence-corrected chi connectivity index (χ0v) is 14.1. The lowest BCUT2D eigenvalue weighted by molar-refractivity contribution is 0.0221. The van der Waals surface area contributed by atoms with Crippen molar-refractivity contribution in [2.24, 2.45) is 11.1 Å². The van der Waals surface area contributed by atoms with E-state index in [1.54, 1.807) is 0 Å². The van der Waals surface area contributed by atoms with Crippen molar-refractivity contribution in [2.45, 2.75) is 96.6 Å². The Labute approximate surface area is 126 Å². The Hall–Kier alpha value is -0.0800. The van der Waals surface area contributed by atoms with Crippen molar-refractivity contribution >= 4 is 0 Å². The quantitative estimate of drug-likeness (QED) is 0.777. The summed E-state index contributed by atoms with van der Waals surface area (Å²) in [6.07, 6.45) is 13.8. The first-order valence-corrected chi connectivity index (χ1v) is 9.00. The summed E-state index contributed by atoms with van der Waals surface area (Å²) >= 11 is 0. The van der Waals surface area contributed by atoms with Crippen LogP contribution in [0.5, 0.6) is 0 Å². The molecule has 118 valence electrons. The number of nitrogens with two attached hydrogens (primary N) is 1. The van der Waals surface area contributed by atoms with Gasteiger partial charge in [-0.05, 0) is 50.5 Å². The Balaban J connectivity index is 2.14. The van der Waals surface area contributed by atoms with Crippen molar-refractivity contribution in [2.75, 3.05) is 13.1 Å². The molecule has 2 heteroatoms. The molecule has 1 unspecified atom stereocenters. The van der Waals surface area contributed by atoms with E-state index in [4.69, 9.17) is 5.73 Å². The lowest BCUT2D eigenvalue weighted by atomic mass is 9.81. The monoisotopic (exact) mass is 280 g/mol. The van der Waals surface area contributed by atoms with Gasteiger partial charge in [-0.2, -0.15) is 0 Å². The van der Waals surface area contributed by atoms with Crippen molar-refractivity contribution in [1.29, 1.82) is 0 Å². The fraction of sp³-hybridized carbons (Fsp3) is 1.00. The third-order valence-electron chi connectivity index (χ3n) is 6.11. The molecular weight excluding hydrogens is 244 g/mol. The van der Waals surface area contributed by atoms with Crippen LogP contribution in [-0.4, -0.2) is 29.6 Å². The molecule has 0 aliphatic heterocycles. The second-order valence-electron chi connectivity index (χ2n) is 8.02. The van der Waals surface area contributed by atoms with E-state index in [9.17, 15) is 0 Å². The maximum atomic E-state index is 6.34. The van der Waals surface area contributed by atoms with Gasteiger partial charge < -0.3 is 5.73 Å². The van der Waals surface area contributed by atoms with E-state index in [-0.39, 0.29) is 0 Å². The van der Waals surface area contributed by atoms with Crippen molar-refractivity contribution < 1.29 is 0 Å². The minimum absolute atomic E-state index is 0.296. The van der Waals surface area contributed by atoms with Gasteiger partial charge in [-0.25, -0.2) is 0 Å². The van der Waals surface area contributed by atoms with E-state index < -0.39 is 0 Å². The molecule has 2 saturated carbocycles. The molecular formula is C18H36N2. The molecule has 2 rings (SSSR count). The van der Waals surface area contributed by atoms with E-state index in [2.05, 4.69) is 25.7 Å². The second-order valence-corrected chi connectivity index (χ2v) is 8.02. The highest BCUT2D eigenvalue weighted by Crippen LogP contribution is 2.42. The predicted molar refractivity (Wildman–Crippen MR) is 87.9 cm³/mol. The normalized spacial score (nSPS) is 32.2. The molecule has 0 bridgehead atoms. The molecule has 0 saturated heterocycles. The molecule has 0 aromatic heterocycles. The van der Waals surface area contributed by atoms with Gasteiger partial charge in [0.25, 0.3) is 0 Å². The second kappa shape index (κ2) is 6.79. The number of nitrogens with zero attached hydrogens (tertiary/aromatic N) is 1. The van der Waals surface area contributed by atoms with Crippen LogP contribution in [0.3, 0.4) is 0 Å². The van der Waals surface area contributed by atoms with Crippen LogP contribution in [0.15, 0.2) is 0 Å². The Morgan fingerprint density at radius 2 is 1.65 bits per heavy atom. The van der Waals surface area contributed by atoms with E-state index in [0.29, 0.717) is 11.0 Å². The van der Waals surface area contributed by atoms with Gasteiger partial charge in [0.15, 0.2) is 0 Å². The van der Waals surface area contributed by atoms with Crippen molar-refractivity contribution in [3.8, 4) is 0 Å². The Morgan fingerprint density at radius 1 is 0.950 bits per heavy atom. The van der Waals surface area contributed by atoms with Crippen molar-refractivity contribution in [1.82, 2.24) is 4.90 Å². The summed E-state index contributed by atoms with van der Waals surface area (Å²) in [5.41, 5.74) is 7.15. The highest BCUT2D eigenvalue weighted by Gasteiger charge is 2.41. The standard InChI is InChI=1S/C18H36N2/c1-4-20(16-9-6-5-7-10-16)18(15-19)12-8-11-17(2,3)13-14-18/h16H,4-15,19H2,1-3H3. The minimum atomic E-state index is 0.296. The average Bonchev–Trinajstić information content (AvgIpc) is 2.61. The Morgan fingerprint density at radius 3 is 2.25 bits per heavy atom. The molecule has 0 aromatic carbocycles. The molecule has 2 nitrogen and oxygen atoms in total. The maximum absolute atomic E-state index is 6.34. The van der Waals surface area contributed by atoms with Gasteiger partial charge in [0.05, 0.1) is 0 Å². The fourth-order valence-electron chi connectivity index (χ4n) is 4.70. The van der Waals surface area contributed by atoms with Crippen molar-refractivity contribution in [3.05, 3.63) is 0 Å². The molecule has 20 heavy (non-hydrogen) atoms. The van der Waals surface area contributed by atoms with Gasteiger partial charge in [0.1, 0.15) is 0 Å². The summed E-state index contributed by atoms with van der Waals surface area (Å²) < 4.78 is 0. The number of likely N-dealkylation sites (N-methyl/N-ethyl adjacent to an activating group) is 1. The third kappa shape index (κ3) is 3.57. The molecule has 2 aliphatic carbocycles. The highest BCUT2D eigenvalue weighted by atomic mass is 15.2. The molecule has 2 aliphatic rings. The Bertz CT molecular complexity index is 294. The summed E-state index contributed by atoms with van der Waals surface area (Å²) in [5.74, 6) is 0. The molecule has 0 amide bonds. The Kier molecular flexibility index (Phi) is 5.53. The van der Waals surface area contributed by atoms with Gasteiger partial charge in [0.2, 0.25) is 0 Å². The third-order valence-corrected chi connectivity index (χ3v) is 6.11. The van der Waals surface area contributed by atoms with Gasteiger partial charge in [0, 0.05) is 18.1 Å².